The SMILES string of the molecule is NCCCCc1c(-c2ccc3c(c2)OCCO3)[nH]c2ccc(OC(F)(F)F)cc12. The van der Waals surface area contributed by atoms with Crippen LogP contribution in [0.3, 0.4) is 0 Å². The molecule has 0 fully saturated rings. The first-order valence-corrected chi connectivity index (χ1v) is 9.45. The second-order valence-corrected chi connectivity index (χ2v) is 6.84. The third kappa shape index (κ3) is 4.27. The van der Waals surface area contributed by atoms with Crippen molar-refractivity contribution in [2.75, 3.05) is 19.8 Å². The van der Waals surface area contributed by atoms with E-state index in [1.165, 1.54) is 12.1 Å². The molecule has 0 saturated heterocycles. The summed E-state index contributed by atoms with van der Waals surface area (Å²) < 4.78 is 53.3. The molecule has 0 spiro atoms. The summed E-state index contributed by atoms with van der Waals surface area (Å²) in [6, 6.07) is 9.99. The molecule has 0 aliphatic carbocycles. The Morgan fingerprint density at radius 1 is 1.00 bits per heavy atom. The van der Waals surface area contributed by atoms with E-state index >= 15 is 0 Å². The van der Waals surface area contributed by atoms with Gasteiger partial charge in [0.15, 0.2) is 11.5 Å². The number of halogens is 3. The van der Waals surface area contributed by atoms with Gasteiger partial charge >= 0.3 is 6.36 Å². The minimum Gasteiger partial charge on any atom is -0.486 e. The Kier molecular flexibility index (Phi) is 5.27. The monoisotopic (exact) mass is 406 g/mol. The van der Waals surface area contributed by atoms with Crippen LogP contribution < -0.4 is 19.9 Å². The molecule has 154 valence electrons. The molecule has 1 aromatic heterocycles. The van der Waals surface area contributed by atoms with Gasteiger partial charge in [0, 0.05) is 22.2 Å². The fraction of sp³-hybridized carbons (Fsp3) is 0.333. The predicted octanol–water partition coefficient (Wildman–Crippen LogP) is 4.79. The van der Waals surface area contributed by atoms with Gasteiger partial charge < -0.3 is 24.9 Å². The van der Waals surface area contributed by atoms with Gasteiger partial charge in [0.05, 0.1) is 0 Å². The number of H-pyrrole nitrogens is 1. The van der Waals surface area contributed by atoms with Crippen molar-refractivity contribution in [3.05, 3.63) is 42.0 Å². The van der Waals surface area contributed by atoms with Crippen molar-refractivity contribution in [3.8, 4) is 28.5 Å². The van der Waals surface area contributed by atoms with Gasteiger partial charge in [-0.25, -0.2) is 0 Å². The van der Waals surface area contributed by atoms with E-state index in [0.29, 0.717) is 43.1 Å². The number of nitrogens with two attached hydrogens (primary N) is 1. The average Bonchev–Trinajstić information content (AvgIpc) is 3.04. The maximum Gasteiger partial charge on any atom is 0.573 e. The van der Waals surface area contributed by atoms with Crippen molar-refractivity contribution in [3.63, 3.8) is 0 Å². The minimum absolute atomic E-state index is 0.238. The fourth-order valence-electron chi connectivity index (χ4n) is 3.57. The van der Waals surface area contributed by atoms with Crippen molar-refractivity contribution in [1.29, 1.82) is 0 Å². The summed E-state index contributed by atoms with van der Waals surface area (Å²) in [5, 5.41) is 0.702. The van der Waals surface area contributed by atoms with Gasteiger partial charge in [-0.15, -0.1) is 13.2 Å². The van der Waals surface area contributed by atoms with Crippen LogP contribution in [0.1, 0.15) is 18.4 Å². The number of alkyl halides is 3. The molecular formula is C21H21F3N2O3. The van der Waals surface area contributed by atoms with Crippen LogP contribution in [-0.2, 0) is 6.42 Å². The Balaban J connectivity index is 1.78. The van der Waals surface area contributed by atoms with Crippen molar-refractivity contribution >= 4 is 10.9 Å². The second-order valence-electron chi connectivity index (χ2n) is 6.84. The number of aryl methyl sites for hydroxylation is 1. The molecule has 4 rings (SSSR count). The summed E-state index contributed by atoms with van der Waals surface area (Å²) in [5.41, 5.74) is 9.01. The van der Waals surface area contributed by atoms with Gasteiger partial charge in [-0.2, -0.15) is 0 Å². The number of hydrogen-bond donors (Lipinski definition) is 2. The maximum atomic E-state index is 12.7. The van der Waals surface area contributed by atoms with Gasteiger partial charge in [-0.1, -0.05) is 0 Å². The normalized spacial score (nSPS) is 13.7. The number of benzene rings is 2. The number of ether oxygens (including phenoxy) is 3. The fourth-order valence-corrected chi connectivity index (χ4v) is 3.57. The zero-order valence-corrected chi connectivity index (χ0v) is 15.6. The number of unbranched alkanes of at least 4 members (excludes halogenated alkanes) is 1. The molecule has 0 amide bonds. The van der Waals surface area contributed by atoms with E-state index in [4.69, 9.17) is 15.2 Å². The van der Waals surface area contributed by atoms with Gasteiger partial charge in [0.2, 0.25) is 0 Å². The van der Waals surface area contributed by atoms with Crippen LogP contribution in [0.2, 0.25) is 0 Å². The van der Waals surface area contributed by atoms with E-state index in [9.17, 15) is 13.2 Å². The summed E-state index contributed by atoms with van der Waals surface area (Å²) in [7, 11) is 0. The second kappa shape index (κ2) is 7.87. The van der Waals surface area contributed by atoms with Crippen molar-refractivity contribution < 1.29 is 27.4 Å². The maximum absolute atomic E-state index is 12.7. The molecule has 2 aromatic carbocycles. The number of rotatable bonds is 6. The van der Waals surface area contributed by atoms with Crippen LogP contribution in [-0.4, -0.2) is 31.1 Å². The first-order valence-electron chi connectivity index (χ1n) is 9.45. The van der Waals surface area contributed by atoms with E-state index in [1.54, 1.807) is 6.07 Å². The molecule has 1 aliphatic heterocycles. The largest absolute Gasteiger partial charge is 0.573 e. The molecule has 2 heterocycles. The highest BCUT2D eigenvalue weighted by molar-refractivity contribution is 5.92. The molecule has 29 heavy (non-hydrogen) atoms. The Hall–Kier alpha value is -2.87. The number of aromatic amines is 1. The summed E-state index contributed by atoms with van der Waals surface area (Å²) in [6.07, 6.45) is -2.41. The molecule has 3 aromatic rings. The molecule has 5 nitrogen and oxygen atoms in total. The average molecular weight is 406 g/mol. The van der Waals surface area contributed by atoms with Crippen molar-refractivity contribution in [2.45, 2.75) is 25.6 Å². The number of fused-ring (bicyclic) bond motifs is 2. The highest BCUT2D eigenvalue weighted by atomic mass is 19.4. The molecule has 0 saturated carbocycles. The van der Waals surface area contributed by atoms with Crippen LogP contribution in [0.25, 0.3) is 22.2 Å². The van der Waals surface area contributed by atoms with Crippen LogP contribution in [0.15, 0.2) is 36.4 Å². The highest BCUT2D eigenvalue weighted by Crippen LogP contribution is 2.39. The van der Waals surface area contributed by atoms with E-state index in [-0.39, 0.29) is 5.75 Å². The topological polar surface area (TPSA) is 69.5 Å². The minimum atomic E-state index is -4.73. The third-order valence-corrected chi connectivity index (χ3v) is 4.82. The van der Waals surface area contributed by atoms with E-state index in [1.807, 2.05) is 18.2 Å². The lowest BCUT2D eigenvalue weighted by Gasteiger charge is -2.19. The van der Waals surface area contributed by atoms with Crippen molar-refractivity contribution in [2.24, 2.45) is 5.73 Å². The van der Waals surface area contributed by atoms with Crippen LogP contribution in [0.4, 0.5) is 13.2 Å². The molecule has 0 bridgehead atoms. The molecule has 0 atom stereocenters. The molecular weight excluding hydrogens is 385 g/mol. The first-order chi connectivity index (χ1) is 13.9. The number of hydrogen-bond acceptors (Lipinski definition) is 4. The van der Waals surface area contributed by atoms with Crippen LogP contribution in [0.5, 0.6) is 17.2 Å². The van der Waals surface area contributed by atoms with E-state index in [0.717, 1.165) is 35.2 Å². The zero-order valence-electron chi connectivity index (χ0n) is 15.6. The van der Waals surface area contributed by atoms with Gasteiger partial charge in [-0.3, -0.25) is 0 Å². The summed E-state index contributed by atoms with van der Waals surface area (Å²) in [4.78, 5) is 3.34. The number of nitrogens with one attached hydrogen (secondary N) is 1. The summed E-state index contributed by atoms with van der Waals surface area (Å²) in [5.74, 6) is 1.10. The Bertz CT molecular complexity index is 1010. The Morgan fingerprint density at radius 3 is 2.55 bits per heavy atom. The smallest absolute Gasteiger partial charge is 0.486 e. The first kappa shape index (κ1) is 19.4. The predicted molar refractivity (Wildman–Crippen MR) is 103 cm³/mol. The third-order valence-electron chi connectivity index (χ3n) is 4.82. The highest BCUT2D eigenvalue weighted by Gasteiger charge is 2.31. The lowest BCUT2D eigenvalue weighted by molar-refractivity contribution is -0.274. The Morgan fingerprint density at radius 2 is 1.79 bits per heavy atom. The lowest BCUT2D eigenvalue weighted by Crippen LogP contribution is -2.16. The van der Waals surface area contributed by atoms with Crippen LogP contribution >= 0.6 is 0 Å². The van der Waals surface area contributed by atoms with Crippen LogP contribution in [0, 0.1) is 0 Å². The van der Waals surface area contributed by atoms with Gasteiger partial charge in [0.25, 0.3) is 0 Å². The van der Waals surface area contributed by atoms with Crippen molar-refractivity contribution in [1.82, 2.24) is 4.98 Å². The number of aromatic nitrogens is 1. The van der Waals surface area contributed by atoms with E-state index < -0.39 is 6.36 Å². The molecule has 3 N–H and O–H groups in total. The quantitative estimate of drug-likeness (QED) is 0.578. The zero-order chi connectivity index (χ0) is 20.4. The molecule has 1 aliphatic rings. The van der Waals surface area contributed by atoms with E-state index in [2.05, 4.69) is 9.72 Å². The summed E-state index contributed by atoms with van der Waals surface area (Å²) >= 11 is 0. The molecule has 0 unspecified atom stereocenters. The van der Waals surface area contributed by atoms with Gasteiger partial charge in [0.1, 0.15) is 19.0 Å². The standard InChI is InChI=1S/C21H21F3N2O3/c22-21(23,24)29-14-5-6-17-16(12-14)15(3-1-2-8-25)20(26-17)13-4-7-18-19(11-13)28-10-9-27-18/h4-7,11-12,26H,1-3,8-10,25H2. The molecule has 8 heteroatoms. The summed E-state index contributed by atoms with van der Waals surface area (Å²) in [6.45, 7) is 1.54. The Labute approximate surface area is 165 Å². The lowest BCUT2D eigenvalue weighted by atomic mass is 10.00. The van der Waals surface area contributed by atoms with Gasteiger partial charge in [-0.05, 0) is 67.8 Å². The molecule has 0 radical (unpaired) electrons.